The van der Waals surface area contributed by atoms with Gasteiger partial charge in [-0.1, -0.05) is 19.1 Å². The van der Waals surface area contributed by atoms with Crippen molar-refractivity contribution in [2.24, 2.45) is 0 Å². The van der Waals surface area contributed by atoms with Gasteiger partial charge >= 0.3 is 0 Å². The van der Waals surface area contributed by atoms with Crippen molar-refractivity contribution in [3.8, 4) is 0 Å². The highest BCUT2D eigenvalue weighted by atomic mass is 79.9. The Bertz CT molecular complexity index is 753. The molecule has 0 bridgehead atoms. The summed E-state index contributed by atoms with van der Waals surface area (Å²) >= 11 is 3.54. The number of hydrogen-bond acceptors (Lipinski definition) is 4. The quantitative estimate of drug-likeness (QED) is 0.770. The summed E-state index contributed by atoms with van der Waals surface area (Å²) in [6.45, 7) is 3.69. The number of halogens is 1. The van der Waals surface area contributed by atoms with Crippen LogP contribution in [0.5, 0.6) is 0 Å². The van der Waals surface area contributed by atoms with Gasteiger partial charge in [-0.2, -0.15) is 0 Å². The molecule has 0 unspecified atom stereocenters. The third kappa shape index (κ3) is 3.05. The lowest BCUT2D eigenvalue weighted by Gasteiger charge is -2.09. The van der Waals surface area contributed by atoms with Crippen molar-refractivity contribution in [1.82, 2.24) is 19.7 Å². The van der Waals surface area contributed by atoms with Gasteiger partial charge in [0.05, 0.1) is 5.52 Å². The van der Waals surface area contributed by atoms with Crippen LogP contribution < -0.4 is 5.32 Å². The highest BCUT2D eigenvalue weighted by molar-refractivity contribution is 9.10. The molecule has 1 N–H and O–H groups in total. The zero-order valence-electron chi connectivity index (χ0n) is 11.8. The normalized spacial score (nSPS) is 11.0. The molecule has 0 amide bonds. The van der Waals surface area contributed by atoms with Gasteiger partial charge in [0.1, 0.15) is 18.0 Å². The standard InChI is InChI=1S/C15H16BrN5/c1-2-14-20-18-10-21(14)9-8-17-13-7-6-11-4-3-5-12(16)15(11)19-13/h3-7,10H,2,8-9H2,1H3,(H,17,19). The molecule has 1 aromatic carbocycles. The summed E-state index contributed by atoms with van der Waals surface area (Å²) in [5.74, 6) is 1.88. The minimum Gasteiger partial charge on any atom is -0.368 e. The van der Waals surface area contributed by atoms with Gasteiger partial charge in [0, 0.05) is 29.4 Å². The van der Waals surface area contributed by atoms with Crippen LogP contribution in [0.1, 0.15) is 12.7 Å². The number of hydrogen-bond donors (Lipinski definition) is 1. The van der Waals surface area contributed by atoms with Crippen molar-refractivity contribution >= 4 is 32.7 Å². The maximum absolute atomic E-state index is 4.64. The maximum Gasteiger partial charge on any atom is 0.132 e. The average molecular weight is 346 g/mol. The van der Waals surface area contributed by atoms with E-state index in [9.17, 15) is 0 Å². The highest BCUT2D eigenvalue weighted by Gasteiger charge is 2.03. The molecule has 0 saturated heterocycles. The van der Waals surface area contributed by atoms with Crippen LogP contribution in [0.3, 0.4) is 0 Å². The van der Waals surface area contributed by atoms with Crippen molar-refractivity contribution in [3.63, 3.8) is 0 Å². The van der Waals surface area contributed by atoms with Crippen molar-refractivity contribution in [3.05, 3.63) is 47.0 Å². The molecule has 108 valence electrons. The Morgan fingerprint density at radius 2 is 2.14 bits per heavy atom. The zero-order chi connectivity index (χ0) is 14.7. The fourth-order valence-electron chi connectivity index (χ4n) is 2.25. The first kappa shape index (κ1) is 14.0. The van der Waals surface area contributed by atoms with Gasteiger partial charge < -0.3 is 9.88 Å². The van der Waals surface area contributed by atoms with Gasteiger partial charge in [-0.25, -0.2) is 4.98 Å². The first-order valence-electron chi connectivity index (χ1n) is 6.93. The van der Waals surface area contributed by atoms with Crippen molar-refractivity contribution in [1.29, 1.82) is 0 Å². The van der Waals surface area contributed by atoms with E-state index in [4.69, 9.17) is 0 Å². The second-order valence-corrected chi connectivity index (χ2v) is 5.58. The van der Waals surface area contributed by atoms with Crippen LogP contribution >= 0.6 is 15.9 Å². The summed E-state index contributed by atoms with van der Waals surface area (Å²) in [6.07, 6.45) is 2.66. The average Bonchev–Trinajstić information content (AvgIpc) is 2.95. The molecule has 0 spiro atoms. The lowest BCUT2D eigenvalue weighted by atomic mass is 10.2. The smallest absolute Gasteiger partial charge is 0.132 e. The molecular formula is C15H16BrN5. The number of nitrogens with zero attached hydrogens (tertiary/aromatic N) is 4. The van der Waals surface area contributed by atoms with E-state index in [0.717, 1.165) is 46.5 Å². The number of aryl methyl sites for hydroxylation is 1. The van der Waals surface area contributed by atoms with Gasteiger partial charge in [0.15, 0.2) is 0 Å². The van der Waals surface area contributed by atoms with Crippen LogP contribution in [0, 0.1) is 0 Å². The molecular weight excluding hydrogens is 330 g/mol. The number of para-hydroxylation sites is 1. The number of pyridine rings is 1. The third-order valence-corrected chi connectivity index (χ3v) is 3.98. The maximum atomic E-state index is 4.64. The van der Waals surface area contributed by atoms with E-state index in [1.54, 1.807) is 6.33 Å². The van der Waals surface area contributed by atoms with Crippen molar-refractivity contribution < 1.29 is 0 Å². The minimum absolute atomic E-state index is 0.786. The number of anilines is 1. The van der Waals surface area contributed by atoms with Gasteiger partial charge in [-0.05, 0) is 34.1 Å². The van der Waals surface area contributed by atoms with E-state index in [0.29, 0.717) is 0 Å². The van der Waals surface area contributed by atoms with Gasteiger partial charge in [0.25, 0.3) is 0 Å². The summed E-state index contributed by atoms with van der Waals surface area (Å²) < 4.78 is 3.07. The first-order chi connectivity index (χ1) is 10.3. The molecule has 0 saturated carbocycles. The molecule has 0 aliphatic rings. The number of rotatable bonds is 5. The van der Waals surface area contributed by atoms with Crippen LogP contribution in [-0.2, 0) is 13.0 Å². The molecule has 2 heterocycles. The van der Waals surface area contributed by atoms with Crippen molar-refractivity contribution in [2.45, 2.75) is 19.9 Å². The van der Waals surface area contributed by atoms with Crippen LogP contribution in [0.4, 0.5) is 5.82 Å². The van der Waals surface area contributed by atoms with Crippen LogP contribution in [0.2, 0.25) is 0 Å². The molecule has 0 aliphatic carbocycles. The summed E-state index contributed by atoms with van der Waals surface area (Å²) in [5, 5.41) is 12.5. The second kappa shape index (κ2) is 6.22. The Balaban J connectivity index is 1.69. The van der Waals surface area contributed by atoms with Crippen LogP contribution in [-0.4, -0.2) is 26.3 Å². The van der Waals surface area contributed by atoms with E-state index in [1.165, 1.54) is 0 Å². The van der Waals surface area contributed by atoms with Gasteiger partial charge in [-0.3, -0.25) is 0 Å². The Hall–Kier alpha value is -1.95. The molecule has 2 aromatic heterocycles. The predicted molar refractivity (Wildman–Crippen MR) is 87.3 cm³/mol. The van der Waals surface area contributed by atoms with Gasteiger partial charge in [-0.15, -0.1) is 10.2 Å². The molecule has 0 fully saturated rings. The van der Waals surface area contributed by atoms with E-state index in [1.807, 2.05) is 18.2 Å². The fraction of sp³-hybridized carbons (Fsp3) is 0.267. The van der Waals surface area contributed by atoms with E-state index < -0.39 is 0 Å². The monoisotopic (exact) mass is 345 g/mol. The number of benzene rings is 1. The van der Waals surface area contributed by atoms with Crippen LogP contribution in [0.25, 0.3) is 10.9 Å². The number of fused-ring (bicyclic) bond motifs is 1. The molecule has 3 aromatic rings. The summed E-state index contributed by atoms with van der Waals surface area (Å²) in [4.78, 5) is 4.64. The van der Waals surface area contributed by atoms with E-state index in [2.05, 4.69) is 60.1 Å². The fourth-order valence-corrected chi connectivity index (χ4v) is 2.72. The van der Waals surface area contributed by atoms with Crippen LogP contribution in [0.15, 0.2) is 41.1 Å². The molecule has 0 radical (unpaired) electrons. The number of aromatic nitrogens is 4. The largest absolute Gasteiger partial charge is 0.368 e. The first-order valence-corrected chi connectivity index (χ1v) is 7.73. The summed E-state index contributed by atoms with van der Waals surface area (Å²) in [7, 11) is 0. The minimum atomic E-state index is 0.786. The second-order valence-electron chi connectivity index (χ2n) is 4.73. The molecule has 0 atom stereocenters. The SMILES string of the molecule is CCc1nncn1CCNc1ccc2cccc(Br)c2n1. The van der Waals surface area contributed by atoms with E-state index >= 15 is 0 Å². The molecule has 6 heteroatoms. The number of nitrogens with one attached hydrogen (secondary N) is 1. The predicted octanol–water partition coefficient (Wildman–Crippen LogP) is 3.26. The van der Waals surface area contributed by atoms with Gasteiger partial charge in [0.2, 0.25) is 0 Å². The lowest BCUT2D eigenvalue weighted by molar-refractivity contribution is 0.679. The van der Waals surface area contributed by atoms with Crippen molar-refractivity contribution in [2.75, 3.05) is 11.9 Å². The molecule has 0 aliphatic heterocycles. The molecule has 3 rings (SSSR count). The highest BCUT2D eigenvalue weighted by Crippen LogP contribution is 2.23. The molecule has 5 nitrogen and oxygen atoms in total. The Morgan fingerprint density at radius 3 is 3.00 bits per heavy atom. The summed E-state index contributed by atoms with van der Waals surface area (Å²) in [5.41, 5.74) is 0.973. The zero-order valence-corrected chi connectivity index (χ0v) is 13.3. The van der Waals surface area contributed by atoms with E-state index in [-0.39, 0.29) is 0 Å². The Labute approximate surface area is 131 Å². The lowest BCUT2D eigenvalue weighted by Crippen LogP contribution is -2.12. The third-order valence-electron chi connectivity index (χ3n) is 3.34. The Morgan fingerprint density at radius 1 is 1.24 bits per heavy atom. The molecule has 21 heavy (non-hydrogen) atoms. The summed E-state index contributed by atoms with van der Waals surface area (Å²) in [6, 6.07) is 10.2. The topological polar surface area (TPSA) is 55.6 Å². The Kier molecular flexibility index (Phi) is 4.15.